The van der Waals surface area contributed by atoms with Gasteiger partial charge in [-0.3, -0.25) is 0 Å². The maximum Gasteiger partial charge on any atom is 0.227 e. The molecule has 15 atom stereocenters. The Morgan fingerprint density at radius 1 is 0.694 bits per heavy atom. The van der Waals surface area contributed by atoms with E-state index in [0.717, 1.165) is 0 Å². The number of rotatable bonds is 7. The maximum absolute atomic E-state index is 10.8. The first-order valence-electron chi connectivity index (χ1n) is 11.5. The van der Waals surface area contributed by atoms with Crippen molar-refractivity contribution in [3.8, 4) is 0 Å². The second-order valence-electron chi connectivity index (χ2n) is 9.12. The zero-order valence-electron chi connectivity index (χ0n) is 19.2. The second-order valence-corrected chi connectivity index (χ2v) is 9.12. The average Bonchev–Trinajstić information content (AvgIpc) is 3.24. The topological polar surface area (TPSA) is 250 Å². The molecule has 0 aliphatic carbocycles. The molecule has 3 saturated heterocycles. The van der Waals surface area contributed by atoms with Crippen molar-refractivity contribution in [2.24, 2.45) is 4.99 Å². The minimum atomic E-state index is -1.79. The van der Waals surface area contributed by atoms with Crippen LogP contribution in [0, 0.1) is 0 Å². The first kappa shape index (κ1) is 27.9. The van der Waals surface area contributed by atoms with Gasteiger partial charge in [-0.1, -0.05) is 0 Å². The fourth-order valence-electron chi connectivity index (χ4n) is 4.58. The van der Waals surface area contributed by atoms with Gasteiger partial charge in [-0.15, -0.1) is 0 Å². The van der Waals surface area contributed by atoms with E-state index in [0.29, 0.717) is 0 Å². The summed E-state index contributed by atoms with van der Waals surface area (Å²) in [5.74, 6) is 0.263. The van der Waals surface area contributed by atoms with E-state index in [4.69, 9.17) is 28.4 Å². The quantitative estimate of drug-likeness (QED) is 0.149. The summed E-state index contributed by atoms with van der Waals surface area (Å²) in [5, 5.41) is 90.8. The van der Waals surface area contributed by atoms with Gasteiger partial charge in [-0.2, -0.15) is 0 Å². The molecule has 16 heteroatoms. The van der Waals surface area contributed by atoms with Gasteiger partial charge in [0.05, 0.1) is 19.8 Å². The molecule has 3 fully saturated rings. The van der Waals surface area contributed by atoms with Crippen molar-refractivity contribution in [2.75, 3.05) is 19.8 Å². The van der Waals surface area contributed by atoms with E-state index in [1.807, 2.05) is 0 Å². The molecule has 9 N–H and O–H groups in total. The van der Waals surface area contributed by atoms with E-state index in [1.54, 1.807) is 6.92 Å². The zero-order valence-corrected chi connectivity index (χ0v) is 19.2. The van der Waals surface area contributed by atoms with Crippen molar-refractivity contribution < 1.29 is 74.4 Å². The fraction of sp³-hybridized carbons (Fsp3) is 0.950. The number of aliphatic imine (C=N–C) groups is 1. The summed E-state index contributed by atoms with van der Waals surface area (Å²) in [5.41, 5.74) is 0. The largest absolute Gasteiger partial charge is 0.450 e. The van der Waals surface area contributed by atoms with Gasteiger partial charge in [0, 0.05) is 6.92 Å². The summed E-state index contributed by atoms with van der Waals surface area (Å²) < 4.78 is 32.8. The molecule has 0 radical (unpaired) electrons. The highest BCUT2D eigenvalue weighted by atomic mass is 16.8. The third kappa shape index (κ3) is 5.25. The van der Waals surface area contributed by atoms with Crippen molar-refractivity contribution in [3.05, 3.63) is 0 Å². The Kier molecular flexibility index (Phi) is 8.80. The van der Waals surface area contributed by atoms with E-state index < -0.39 is 112 Å². The van der Waals surface area contributed by atoms with Gasteiger partial charge in [0.25, 0.3) is 0 Å². The van der Waals surface area contributed by atoms with Crippen LogP contribution in [-0.4, -0.2) is 164 Å². The smallest absolute Gasteiger partial charge is 0.227 e. The predicted molar refractivity (Wildman–Crippen MR) is 111 cm³/mol. The van der Waals surface area contributed by atoms with Gasteiger partial charge >= 0.3 is 0 Å². The van der Waals surface area contributed by atoms with Crippen LogP contribution in [0.4, 0.5) is 0 Å². The standard InChI is InChI=1S/C20H33NO15/c1-5-21-9-12(26)17(7(3-23)34-18(9)32-5)36-20-16(30)14(28)11(25)8(35-20)4-31-19-15(29)13(27)10(24)6(2-22)33-19/h6-20,22-30H,2-4H2,1H3/t6-,7-,8-,9-,10-,11-,12-,13+,14+,15+,16+,17-,18+,19-,20+/m1/s1. The lowest BCUT2D eigenvalue weighted by molar-refractivity contribution is -0.352. The molecular weight excluding hydrogens is 494 g/mol. The fourth-order valence-corrected chi connectivity index (χ4v) is 4.58. The van der Waals surface area contributed by atoms with Crippen LogP contribution < -0.4 is 0 Å². The van der Waals surface area contributed by atoms with Gasteiger partial charge < -0.3 is 74.4 Å². The van der Waals surface area contributed by atoms with E-state index in [-0.39, 0.29) is 5.90 Å². The highest BCUT2D eigenvalue weighted by Crippen LogP contribution is 2.33. The summed E-state index contributed by atoms with van der Waals surface area (Å²) in [6.45, 7) is -0.264. The van der Waals surface area contributed by atoms with Crippen LogP contribution in [0.2, 0.25) is 0 Å². The minimum absolute atomic E-state index is 0.263. The molecule has 4 rings (SSSR count). The Hall–Kier alpha value is -1.09. The molecular formula is C20H33NO15. The van der Waals surface area contributed by atoms with Crippen LogP contribution in [0.5, 0.6) is 0 Å². The summed E-state index contributed by atoms with van der Waals surface area (Å²) >= 11 is 0. The van der Waals surface area contributed by atoms with Crippen molar-refractivity contribution >= 4 is 5.90 Å². The molecule has 0 amide bonds. The Morgan fingerprint density at radius 2 is 1.28 bits per heavy atom. The molecule has 208 valence electrons. The van der Waals surface area contributed by atoms with Crippen LogP contribution in [0.15, 0.2) is 4.99 Å². The van der Waals surface area contributed by atoms with Gasteiger partial charge in [0.15, 0.2) is 18.5 Å². The van der Waals surface area contributed by atoms with Crippen molar-refractivity contribution in [2.45, 2.75) is 99.0 Å². The van der Waals surface area contributed by atoms with Crippen molar-refractivity contribution in [1.29, 1.82) is 0 Å². The van der Waals surface area contributed by atoms with Crippen LogP contribution >= 0.6 is 0 Å². The van der Waals surface area contributed by atoms with Crippen LogP contribution in [0.3, 0.4) is 0 Å². The molecule has 16 nitrogen and oxygen atoms in total. The number of ether oxygens (including phenoxy) is 6. The molecule has 0 aromatic carbocycles. The molecule has 4 aliphatic heterocycles. The van der Waals surface area contributed by atoms with E-state index in [1.165, 1.54) is 0 Å². The molecule has 4 heterocycles. The highest BCUT2D eigenvalue weighted by molar-refractivity contribution is 5.75. The van der Waals surface area contributed by atoms with Gasteiger partial charge in [-0.05, 0) is 0 Å². The molecule has 0 aromatic rings. The molecule has 0 aromatic heterocycles. The first-order valence-corrected chi connectivity index (χ1v) is 11.5. The predicted octanol–water partition coefficient (Wildman–Crippen LogP) is -6.11. The third-order valence-corrected chi connectivity index (χ3v) is 6.67. The second kappa shape index (κ2) is 11.3. The number of fused-ring (bicyclic) bond motifs is 1. The first-order chi connectivity index (χ1) is 17.1. The number of aliphatic hydroxyl groups is 9. The normalized spacial score (nSPS) is 51.4. The van der Waals surface area contributed by atoms with Gasteiger partial charge in [0.1, 0.15) is 73.2 Å². The Labute approximate surface area is 204 Å². The van der Waals surface area contributed by atoms with Crippen molar-refractivity contribution in [1.82, 2.24) is 0 Å². The summed E-state index contributed by atoms with van der Waals surface area (Å²) in [7, 11) is 0. The molecule has 4 aliphatic rings. The number of nitrogens with zero attached hydrogens (tertiary/aromatic N) is 1. The Morgan fingerprint density at radius 3 is 1.92 bits per heavy atom. The SMILES string of the molecule is CC1=N[C@H]2[C@@H](O1)O[C@H](CO)[C@@H](O[C@@H]1O[C@H](CO[C@@H]3O[C@H](CO)[C@@H](O)[C@H](O)[C@@H]3O)[C@@H](O)[C@H](O)[C@@H]1O)[C@@H]2O. The Bertz CT molecular complexity index is 771. The maximum atomic E-state index is 10.8. The zero-order chi connectivity index (χ0) is 26.3. The Balaban J connectivity index is 1.42. The number of hydrogen-bond acceptors (Lipinski definition) is 16. The van der Waals surface area contributed by atoms with Crippen LogP contribution in [0.25, 0.3) is 0 Å². The van der Waals surface area contributed by atoms with E-state index in [2.05, 4.69) is 4.99 Å². The highest BCUT2D eigenvalue weighted by Gasteiger charge is 2.53. The van der Waals surface area contributed by atoms with Crippen LogP contribution in [0.1, 0.15) is 6.92 Å². The minimum Gasteiger partial charge on any atom is -0.450 e. The van der Waals surface area contributed by atoms with E-state index in [9.17, 15) is 46.0 Å². The molecule has 0 unspecified atom stereocenters. The third-order valence-electron chi connectivity index (χ3n) is 6.67. The average molecular weight is 527 g/mol. The molecule has 0 bridgehead atoms. The van der Waals surface area contributed by atoms with Gasteiger partial charge in [0.2, 0.25) is 6.29 Å². The lowest BCUT2D eigenvalue weighted by atomic mass is 9.96. The van der Waals surface area contributed by atoms with Gasteiger partial charge in [-0.25, -0.2) is 4.99 Å². The molecule has 0 saturated carbocycles. The summed E-state index contributed by atoms with van der Waals surface area (Å²) in [4.78, 5) is 4.13. The summed E-state index contributed by atoms with van der Waals surface area (Å²) in [6.07, 6.45) is -20.7. The van der Waals surface area contributed by atoms with E-state index >= 15 is 0 Å². The monoisotopic (exact) mass is 527 g/mol. The molecule has 0 spiro atoms. The lowest BCUT2D eigenvalue weighted by Crippen LogP contribution is -2.64. The number of hydrogen-bond donors (Lipinski definition) is 9. The van der Waals surface area contributed by atoms with Crippen LogP contribution in [-0.2, 0) is 28.4 Å². The summed E-state index contributed by atoms with van der Waals surface area (Å²) in [6, 6.07) is -0.876. The lowest BCUT2D eigenvalue weighted by Gasteiger charge is -2.45. The molecule has 36 heavy (non-hydrogen) atoms. The number of aliphatic hydroxyl groups excluding tert-OH is 9. The van der Waals surface area contributed by atoms with Crippen molar-refractivity contribution in [3.63, 3.8) is 0 Å².